The Bertz CT molecular complexity index is 761. The number of carbonyl (C=O) groups is 1. The number of aromatic nitrogens is 3. The van der Waals surface area contributed by atoms with Gasteiger partial charge in [-0.05, 0) is 30.7 Å². The summed E-state index contributed by atoms with van der Waals surface area (Å²) < 4.78 is 12.7. The third-order valence-electron chi connectivity index (χ3n) is 4.03. The van der Waals surface area contributed by atoms with Gasteiger partial charge in [-0.1, -0.05) is 31.7 Å². The number of benzene rings is 1. The second-order valence-corrected chi connectivity index (χ2v) is 7.28. The third kappa shape index (κ3) is 5.38. The first kappa shape index (κ1) is 21.1. The van der Waals surface area contributed by atoms with E-state index in [0.717, 1.165) is 30.4 Å². The van der Waals surface area contributed by atoms with Crippen LogP contribution in [0, 0.1) is 5.92 Å². The van der Waals surface area contributed by atoms with Gasteiger partial charge < -0.3 is 19.4 Å². The van der Waals surface area contributed by atoms with Gasteiger partial charge in [-0.2, -0.15) is 0 Å². The van der Waals surface area contributed by atoms with Crippen molar-refractivity contribution >= 4 is 17.7 Å². The Labute approximate surface area is 164 Å². The Morgan fingerprint density at radius 3 is 2.67 bits per heavy atom. The first-order chi connectivity index (χ1) is 13.0. The zero-order chi connectivity index (χ0) is 19.8. The van der Waals surface area contributed by atoms with Crippen molar-refractivity contribution in [3.8, 4) is 11.5 Å². The lowest BCUT2D eigenvalue weighted by molar-refractivity contribution is 0.0949. The molecule has 0 unspecified atom stereocenters. The summed E-state index contributed by atoms with van der Waals surface area (Å²) in [5.74, 6) is 2.28. The molecule has 27 heavy (non-hydrogen) atoms. The smallest absolute Gasteiger partial charge is 0.255 e. The number of ether oxygens (including phenoxy) is 2. The average molecular weight is 393 g/mol. The van der Waals surface area contributed by atoms with Gasteiger partial charge in [-0.25, -0.2) is 0 Å². The molecule has 0 aliphatic rings. The fraction of sp³-hybridized carbons (Fsp3) is 0.526. The molecule has 8 heteroatoms. The molecule has 148 valence electrons. The van der Waals surface area contributed by atoms with E-state index in [2.05, 4.69) is 33.9 Å². The van der Waals surface area contributed by atoms with Gasteiger partial charge in [0.1, 0.15) is 5.82 Å². The Balaban J connectivity index is 1.94. The van der Waals surface area contributed by atoms with Gasteiger partial charge >= 0.3 is 0 Å². The van der Waals surface area contributed by atoms with Crippen LogP contribution in [0.4, 0.5) is 0 Å². The van der Waals surface area contributed by atoms with E-state index in [4.69, 9.17) is 9.47 Å². The van der Waals surface area contributed by atoms with Gasteiger partial charge in [-0.3, -0.25) is 4.79 Å². The fourth-order valence-corrected chi connectivity index (χ4v) is 3.34. The zero-order valence-corrected chi connectivity index (χ0v) is 17.4. The van der Waals surface area contributed by atoms with E-state index >= 15 is 0 Å². The summed E-state index contributed by atoms with van der Waals surface area (Å²) in [6.45, 7) is 5.79. The maximum Gasteiger partial charge on any atom is 0.255 e. The molecule has 1 aromatic heterocycles. The van der Waals surface area contributed by atoms with Crippen LogP contribution in [0.15, 0.2) is 23.4 Å². The highest BCUT2D eigenvalue weighted by Crippen LogP contribution is 2.30. The summed E-state index contributed by atoms with van der Waals surface area (Å²) in [4.78, 5) is 12.5. The number of nitrogens with zero attached hydrogens (tertiary/aromatic N) is 3. The maximum atomic E-state index is 12.5. The van der Waals surface area contributed by atoms with Crippen molar-refractivity contribution in [1.29, 1.82) is 0 Å². The largest absolute Gasteiger partial charge is 0.493 e. The number of hydrogen-bond acceptors (Lipinski definition) is 6. The number of carbonyl (C=O) groups excluding carboxylic acids is 1. The summed E-state index contributed by atoms with van der Waals surface area (Å²) >= 11 is 1.60. The summed E-state index contributed by atoms with van der Waals surface area (Å²) in [5.41, 5.74) is 0.462. The minimum absolute atomic E-state index is 0.181. The molecule has 0 atom stereocenters. The summed E-state index contributed by atoms with van der Waals surface area (Å²) in [6, 6.07) is 5.26. The summed E-state index contributed by atoms with van der Waals surface area (Å²) in [5, 5.41) is 12.4. The molecule has 0 spiro atoms. The Morgan fingerprint density at radius 2 is 2.04 bits per heavy atom. The lowest BCUT2D eigenvalue weighted by Crippen LogP contribution is -2.25. The van der Waals surface area contributed by atoms with Gasteiger partial charge in [0.25, 0.3) is 5.91 Å². The number of rotatable bonds is 10. The van der Waals surface area contributed by atoms with Crippen LogP contribution in [0.1, 0.15) is 36.5 Å². The van der Waals surface area contributed by atoms with Crippen molar-refractivity contribution in [2.75, 3.05) is 27.0 Å². The number of nitrogens with one attached hydrogen (secondary N) is 1. The Hall–Kier alpha value is -2.22. The molecule has 1 amide bonds. The van der Waals surface area contributed by atoms with Gasteiger partial charge in [0.15, 0.2) is 16.7 Å². The normalized spacial score (nSPS) is 10.9. The lowest BCUT2D eigenvalue weighted by Gasteiger charge is -2.13. The molecule has 2 aromatic rings. The zero-order valence-electron chi connectivity index (χ0n) is 16.6. The number of hydrogen-bond donors (Lipinski definition) is 1. The third-order valence-corrected chi connectivity index (χ3v) is 4.70. The van der Waals surface area contributed by atoms with Crippen molar-refractivity contribution in [2.45, 2.75) is 38.4 Å². The van der Waals surface area contributed by atoms with Crippen LogP contribution in [0.3, 0.4) is 0 Å². The molecule has 0 fully saturated rings. The van der Waals surface area contributed by atoms with E-state index in [9.17, 15) is 4.79 Å². The molecule has 1 N–H and O–H groups in total. The van der Waals surface area contributed by atoms with Crippen LogP contribution in [-0.4, -0.2) is 47.7 Å². The van der Waals surface area contributed by atoms with E-state index < -0.39 is 0 Å². The van der Waals surface area contributed by atoms with E-state index in [1.165, 1.54) is 7.11 Å². The van der Waals surface area contributed by atoms with E-state index in [0.29, 0.717) is 29.5 Å². The number of aryl methyl sites for hydroxylation is 1. The monoisotopic (exact) mass is 392 g/mol. The Morgan fingerprint density at radius 1 is 1.26 bits per heavy atom. The SMILES string of the molecule is COc1cccc(C(=O)NCCCc2nnc(SC)n2CC(C)C)c1OC. The molecule has 1 aromatic carbocycles. The van der Waals surface area contributed by atoms with Crippen LogP contribution in [0.2, 0.25) is 0 Å². The number of methoxy groups -OCH3 is 2. The number of thioether (sulfide) groups is 1. The first-order valence-electron chi connectivity index (χ1n) is 8.97. The maximum absolute atomic E-state index is 12.5. The Kier molecular flexibility index (Phi) is 7.97. The second kappa shape index (κ2) is 10.2. The van der Waals surface area contributed by atoms with Gasteiger partial charge in [0, 0.05) is 19.5 Å². The fourth-order valence-electron chi connectivity index (χ4n) is 2.81. The summed E-state index contributed by atoms with van der Waals surface area (Å²) in [7, 11) is 3.08. The van der Waals surface area contributed by atoms with Crippen molar-refractivity contribution in [2.24, 2.45) is 5.92 Å². The van der Waals surface area contributed by atoms with Gasteiger partial charge in [0.2, 0.25) is 0 Å². The number of para-hydroxylation sites is 1. The van der Waals surface area contributed by atoms with Crippen molar-refractivity contribution in [3.05, 3.63) is 29.6 Å². The highest BCUT2D eigenvalue weighted by atomic mass is 32.2. The molecular weight excluding hydrogens is 364 g/mol. The molecule has 2 rings (SSSR count). The molecule has 1 heterocycles. The topological polar surface area (TPSA) is 78.3 Å². The highest BCUT2D eigenvalue weighted by Gasteiger charge is 2.16. The van der Waals surface area contributed by atoms with Crippen LogP contribution >= 0.6 is 11.8 Å². The van der Waals surface area contributed by atoms with Crippen molar-refractivity contribution in [3.63, 3.8) is 0 Å². The first-order valence-corrected chi connectivity index (χ1v) is 10.2. The predicted molar refractivity (Wildman–Crippen MR) is 107 cm³/mol. The number of amides is 1. The quantitative estimate of drug-likeness (QED) is 0.495. The van der Waals surface area contributed by atoms with E-state index in [1.54, 1.807) is 37.1 Å². The van der Waals surface area contributed by atoms with Crippen molar-refractivity contribution < 1.29 is 14.3 Å². The van der Waals surface area contributed by atoms with Gasteiger partial charge in [-0.15, -0.1) is 10.2 Å². The predicted octanol–water partition coefficient (Wildman–Crippen LogP) is 3.04. The molecule has 0 aliphatic heterocycles. The highest BCUT2D eigenvalue weighted by molar-refractivity contribution is 7.98. The minimum Gasteiger partial charge on any atom is -0.493 e. The van der Waals surface area contributed by atoms with Crippen LogP contribution in [0.25, 0.3) is 0 Å². The molecule has 0 saturated carbocycles. The molecule has 0 radical (unpaired) electrons. The van der Waals surface area contributed by atoms with Crippen molar-refractivity contribution in [1.82, 2.24) is 20.1 Å². The molecule has 7 nitrogen and oxygen atoms in total. The van der Waals surface area contributed by atoms with Crippen LogP contribution in [-0.2, 0) is 13.0 Å². The van der Waals surface area contributed by atoms with Crippen LogP contribution in [0.5, 0.6) is 11.5 Å². The van der Waals surface area contributed by atoms with Gasteiger partial charge in [0.05, 0.1) is 19.8 Å². The standard InChI is InChI=1S/C19H28N4O3S/c1-13(2)12-23-16(21-22-19(23)27-5)10-7-11-20-18(24)14-8-6-9-15(25-3)17(14)26-4/h6,8-9,13H,7,10-12H2,1-5H3,(H,20,24). The lowest BCUT2D eigenvalue weighted by atomic mass is 10.1. The van der Waals surface area contributed by atoms with Crippen LogP contribution < -0.4 is 14.8 Å². The molecule has 0 aliphatic carbocycles. The average Bonchev–Trinajstić information content (AvgIpc) is 3.05. The van der Waals surface area contributed by atoms with E-state index in [-0.39, 0.29) is 5.91 Å². The molecular formula is C19H28N4O3S. The summed E-state index contributed by atoms with van der Waals surface area (Å²) in [6.07, 6.45) is 3.55. The second-order valence-electron chi connectivity index (χ2n) is 6.51. The molecule has 0 bridgehead atoms. The minimum atomic E-state index is -0.181. The van der Waals surface area contributed by atoms with E-state index in [1.807, 2.05) is 6.26 Å². The molecule has 0 saturated heterocycles.